The van der Waals surface area contributed by atoms with Gasteiger partial charge in [0.05, 0.1) is 17.9 Å². The third kappa shape index (κ3) is 4.43. The highest BCUT2D eigenvalue weighted by Crippen LogP contribution is 2.31. The third-order valence-corrected chi connectivity index (χ3v) is 4.52. The molecule has 2 rings (SSSR count). The Labute approximate surface area is 140 Å². The van der Waals surface area contributed by atoms with Gasteiger partial charge in [0.15, 0.2) is 0 Å². The summed E-state index contributed by atoms with van der Waals surface area (Å²) in [5.74, 6) is -0.668. The summed E-state index contributed by atoms with van der Waals surface area (Å²) in [5, 5.41) is 3.45. The summed E-state index contributed by atoms with van der Waals surface area (Å²) >= 11 is 6.00. The summed E-state index contributed by atoms with van der Waals surface area (Å²) in [6, 6.07) is 6.50. The molecule has 126 valence electrons. The van der Waals surface area contributed by atoms with E-state index in [9.17, 15) is 9.59 Å². The fraction of sp³-hybridized carbons (Fsp3) is 0.500. The summed E-state index contributed by atoms with van der Waals surface area (Å²) in [5.41, 5.74) is 11.2. The molecule has 1 heterocycles. The second kappa shape index (κ2) is 7.77. The van der Waals surface area contributed by atoms with Gasteiger partial charge in [-0.05, 0) is 30.5 Å². The third-order valence-electron chi connectivity index (χ3n) is 4.28. The summed E-state index contributed by atoms with van der Waals surface area (Å²) in [4.78, 5) is 24.1. The van der Waals surface area contributed by atoms with E-state index in [2.05, 4.69) is 5.32 Å². The van der Waals surface area contributed by atoms with Crippen LogP contribution in [0.3, 0.4) is 0 Å². The lowest BCUT2D eigenvalue weighted by Gasteiger charge is -2.36. The second-order valence-electron chi connectivity index (χ2n) is 5.85. The van der Waals surface area contributed by atoms with Crippen LogP contribution in [0.15, 0.2) is 24.3 Å². The van der Waals surface area contributed by atoms with E-state index in [0.29, 0.717) is 31.1 Å². The Hall–Kier alpha value is -1.63. The van der Waals surface area contributed by atoms with Crippen molar-refractivity contribution in [1.82, 2.24) is 5.32 Å². The van der Waals surface area contributed by atoms with Crippen LogP contribution in [-0.4, -0.2) is 31.6 Å². The molecule has 1 aliphatic rings. The molecule has 23 heavy (non-hydrogen) atoms. The van der Waals surface area contributed by atoms with E-state index in [1.165, 1.54) is 0 Å². The average Bonchev–Trinajstić information content (AvgIpc) is 2.54. The maximum atomic E-state index is 12.8. The van der Waals surface area contributed by atoms with E-state index in [-0.39, 0.29) is 18.9 Å². The molecule has 0 unspecified atom stereocenters. The maximum Gasteiger partial charge on any atom is 0.228 e. The molecule has 5 N–H and O–H groups in total. The molecule has 0 aliphatic carbocycles. The Bertz CT molecular complexity index is 573. The zero-order chi connectivity index (χ0) is 16.9. The molecule has 1 fully saturated rings. The van der Waals surface area contributed by atoms with E-state index in [1.807, 2.05) is 0 Å². The van der Waals surface area contributed by atoms with Gasteiger partial charge in [0.2, 0.25) is 11.8 Å². The van der Waals surface area contributed by atoms with Crippen molar-refractivity contribution in [2.45, 2.75) is 25.3 Å². The predicted molar refractivity (Wildman–Crippen MR) is 87.7 cm³/mol. The molecule has 1 aliphatic heterocycles. The summed E-state index contributed by atoms with van der Waals surface area (Å²) in [6.07, 6.45) is 1.13. The fourth-order valence-corrected chi connectivity index (χ4v) is 2.97. The van der Waals surface area contributed by atoms with Crippen LogP contribution in [0, 0.1) is 5.41 Å². The normalized spacial score (nSPS) is 18.2. The number of amides is 2. The van der Waals surface area contributed by atoms with Gasteiger partial charge in [0.25, 0.3) is 0 Å². The van der Waals surface area contributed by atoms with Crippen LogP contribution in [0.1, 0.15) is 30.9 Å². The van der Waals surface area contributed by atoms with Crippen LogP contribution in [0.4, 0.5) is 0 Å². The van der Waals surface area contributed by atoms with Gasteiger partial charge in [-0.1, -0.05) is 23.7 Å². The van der Waals surface area contributed by atoms with Crippen molar-refractivity contribution in [3.05, 3.63) is 34.9 Å². The lowest BCUT2D eigenvalue weighted by atomic mass is 9.79. The number of ether oxygens (including phenoxy) is 1. The van der Waals surface area contributed by atoms with E-state index < -0.39 is 17.4 Å². The molecule has 1 aromatic carbocycles. The number of carbonyl (C=O) groups is 2. The molecular formula is C16H22ClN3O3. The van der Waals surface area contributed by atoms with Gasteiger partial charge in [-0.15, -0.1) is 0 Å². The molecule has 0 spiro atoms. The maximum absolute atomic E-state index is 12.8. The Morgan fingerprint density at radius 3 is 2.61 bits per heavy atom. The summed E-state index contributed by atoms with van der Waals surface area (Å²) in [6.45, 7) is 1.24. The highest BCUT2D eigenvalue weighted by atomic mass is 35.5. The minimum Gasteiger partial charge on any atom is -0.381 e. The first kappa shape index (κ1) is 17.7. The monoisotopic (exact) mass is 339 g/mol. The number of nitrogens with one attached hydrogen (secondary N) is 1. The van der Waals surface area contributed by atoms with E-state index in [1.54, 1.807) is 24.3 Å². The quantitative estimate of drug-likeness (QED) is 0.722. The molecule has 1 saturated heterocycles. The van der Waals surface area contributed by atoms with Crippen molar-refractivity contribution in [3.63, 3.8) is 0 Å². The SMILES string of the molecule is NCC1(C(=O)N[C@H](CC(N)=O)c2cccc(Cl)c2)CCOCC1. The molecule has 0 bridgehead atoms. The number of benzene rings is 1. The van der Waals surface area contributed by atoms with Crippen LogP contribution < -0.4 is 16.8 Å². The number of rotatable bonds is 6. The minimum absolute atomic E-state index is 0.00321. The number of hydrogen-bond donors (Lipinski definition) is 3. The predicted octanol–water partition coefficient (Wildman–Crippen LogP) is 1.13. The Balaban J connectivity index is 2.19. The zero-order valence-corrected chi connectivity index (χ0v) is 13.6. The van der Waals surface area contributed by atoms with Gasteiger partial charge in [-0.2, -0.15) is 0 Å². The molecule has 1 aromatic rings. The van der Waals surface area contributed by atoms with Crippen LogP contribution in [-0.2, 0) is 14.3 Å². The first-order valence-corrected chi connectivity index (χ1v) is 7.97. The van der Waals surface area contributed by atoms with Crippen molar-refractivity contribution in [3.8, 4) is 0 Å². The van der Waals surface area contributed by atoms with Crippen LogP contribution in [0.5, 0.6) is 0 Å². The second-order valence-corrected chi connectivity index (χ2v) is 6.28. The molecular weight excluding hydrogens is 318 g/mol. The van der Waals surface area contributed by atoms with Gasteiger partial charge in [-0.3, -0.25) is 9.59 Å². The summed E-state index contributed by atoms with van der Waals surface area (Å²) < 4.78 is 5.32. The minimum atomic E-state index is -0.660. The van der Waals surface area contributed by atoms with Crippen LogP contribution in [0.25, 0.3) is 0 Å². The zero-order valence-electron chi connectivity index (χ0n) is 12.9. The number of carbonyl (C=O) groups excluding carboxylic acids is 2. The first-order chi connectivity index (χ1) is 11.0. The fourth-order valence-electron chi connectivity index (χ4n) is 2.77. The Morgan fingerprint density at radius 1 is 1.35 bits per heavy atom. The van der Waals surface area contributed by atoms with Crippen LogP contribution in [0.2, 0.25) is 5.02 Å². The highest BCUT2D eigenvalue weighted by molar-refractivity contribution is 6.30. The largest absolute Gasteiger partial charge is 0.381 e. The van der Waals surface area contributed by atoms with Gasteiger partial charge in [0.1, 0.15) is 0 Å². The number of nitrogens with two attached hydrogens (primary N) is 2. The topological polar surface area (TPSA) is 107 Å². The van der Waals surface area contributed by atoms with Crippen molar-refractivity contribution < 1.29 is 14.3 Å². The Morgan fingerprint density at radius 2 is 2.04 bits per heavy atom. The molecule has 1 atom stereocenters. The van der Waals surface area contributed by atoms with E-state index in [0.717, 1.165) is 5.56 Å². The standard InChI is InChI=1S/C16H22ClN3O3/c17-12-3-1-2-11(8-12)13(9-14(19)21)20-15(22)16(10-18)4-6-23-7-5-16/h1-3,8,13H,4-7,9-10,18H2,(H2,19,21)(H,20,22)/t13-/m1/s1. The van der Waals surface area contributed by atoms with Gasteiger partial charge >= 0.3 is 0 Å². The van der Waals surface area contributed by atoms with Gasteiger partial charge in [0, 0.05) is 24.8 Å². The number of halogens is 1. The molecule has 0 saturated carbocycles. The average molecular weight is 340 g/mol. The Kier molecular flexibility index (Phi) is 5.98. The molecule has 6 nitrogen and oxygen atoms in total. The van der Waals surface area contributed by atoms with Crippen molar-refractivity contribution >= 4 is 23.4 Å². The van der Waals surface area contributed by atoms with Crippen molar-refractivity contribution in [2.24, 2.45) is 16.9 Å². The van der Waals surface area contributed by atoms with Crippen molar-refractivity contribution in [2.75, 3.05) is 19.8 Å². The lowest BCUT2D eigenvalue weighted by Crippen LogP contribution is -2.50. The van der Waals surface area contributed by atoms with Gasteiger partial charge < -0.3 is 21.5 Å². The number of hydrogen-bond acceptors (Lipinski definition) is 4. The smallest absolute Gasteiger partial charge is 0.228 e. The van der Waals surface area contributed by atoms with Crippen molar-refractivity contribution in [1.29, 1.82) is 0 Å². The summed E-state index contributed by atoms with van der Waals surface area (Å²) in [7, 11) is 0. The first-order valence-electron chi connectivity index (χ1n) is 7.59. The molecule has 7 heteroatoms. The molecule has 2 amide bonds. The lowest BCUT2D eigenvalue weighted by molar-refractivity contribution is -0.137. The number of primary amides is 1. The molecule has 0 radical (unpaired) electrons. The van der Waals surface area contributed by atoms with Crippen LogP contribution >= 0.6 is 11.6 Å². The highest BCUT2D eigenvalue weighted by Gasteiger charge is 2.39. The van der Waals surface area contributed by atoms with E-state index in [4.69, 9.17) is 27.8 Å². The van der Waals surface area contributed by atoms with E-state index >= 15 is 0 Å². The van der Waals surface area contributed by atoms with Gasteiger partial charge in [-0.25, -0.2) is 0 Å². The molecule has 0 aromatic heterocycles.